The molecule has 4 aromatic rings. The number of nitrogens with one attached hydrogen (secondary N) is 2. The molecule has 6 nitrogen and oxygen atoms in total. The number of aromatic nitrogens is 2. The molecular weight excluding hydrogens is 428 g/mol. The Balaban J connectivity index is 1.75. The van der Waals surface area contributed by atoms with Crippen LogP contribution in [0, 0.1) is 0 Å². The van der Waals surface area contributed by atoms with Gasteiger partial charge in [0, 0.05) is 5.69 Å². The molecule has 0 aliphatic rings. The molecule has 2 aromatic heterocycles. The van der Waals surface area contributed by atoms with Gasteiger partial charge in [0.05, 0.1) is 15.4 Å². The molecule has 0 radical (unpaired) electrons. The number of thiophene rings is 1. The number of hydrogen-bond acceptors (Lipinski definition) is 6. The van der Waals surface area contributed by atoms with Crippen molar-refractivity contribution in [3.05, 3.63) is 70.6 Å². The fourth-order valence-corrected chi connectivity index (χ4v) is 5.23. The molecule has 2 aromatic carbocycles. The Morgan fingerprint density at radius 3 is 2.17 bits per heavy atom. The molecule has 0 bridgehead atoms. The van der Waals surface area contributed by atoms with Gasteiger partial charge in [-0.25, -0.2) is 18.4 Å². The molecule has 0 saturated heterocycles. The maximum atomic E-state index is 12.8. The second-order valence-electron chi connectivity index (χ2n) is 6.25. The summed E-state index contributed by atoms with van der Waals surface area (Å²) in [5.41, 5.74) is 3.23. The summed E-state index contributed by atoms with van der Waals surface area (Å²) in [6, 6.07) is 18.1. The van der Waals surface area contributed by atoms with E-state index in [1.807, 2.05) is 42.5 Å². The molecule has 0 saturated carbocycles. The first-order chi connectivity index (χ1) is 13.9. The van der Waals surface area contributed by atoms with Gasteiger partial charge in [0.2, 0.25) is 0 Å². The number of para-hydroxylation sites is 2. The second-order valence-corrected chi connectivity index (χ2v) is 9.87. The molecule has 0 atom stereocenters. The zero-order valence-corrected chi connectivity index (χ0v) is 17.8. The first-order valence-corrected chi connectivity index (χ1v) is 11.5. The van der Waals surface area contributed by atoms with Crippen molar-refractivity contribution in [3.8, 4) is 0 Å². The maximum absolute atomic E-state index is 12.8. The van der Waals surface area contributed by atoms with Crippen LogP contribution in [0.3, 0.4) is 0 Å². The predicted molar refractivity (Wildman–Crippen MR) is 119 cm³/mol. The Morgan fingerprint density at radius 1 is 0.931 bits per heavy atom. The number of aryl methyl sites for hydroxylation is 1. The van der Waals surface area contributed by atoms with Crippen LogP contribution in [0.4, 0.5) is 17.3 Å². The van der Waals surface area contributed by atoms with Crippen LogP contribution in [0.5, 0.6) is 0 Å². The van der Waals surface area contributed by atoms with Crippen LogP contribution in [0.1, 0.15) is 12.5 Å². The van der Waals surface area contributed by atoms with E-state index >= 15 is 0 Å². The van der Waals surface area contributed by atoms with Crippen LogP contribution < -0.4 is 10.0 Å². The highest BCUT2D eigenvalue weighted by Crippen LogP contribution is 2.30. The lowest BCUT2D eigenvalue weighted by Crippen LogP contribution is -2.15. The number of anilines is 3. The van der Waals surface area contributed by atoms with E-state index in [0.29, 0.717) is 21.2 Å². The number of benzene rings is 2. The summed E-state index contributed by atoms with van der Waals surface area (Å²) in [6.07, 6.45) is 0.935. The van der Waals surface area contributed by atoms with E-state index in [2.05, 4.69) is 26.9 Å². The van der Waals surface area contributed by atoms with E-state index in [1.54, 1.807) is 12.1 Å². The number of nitrogens with zero attached hydrogens (tertiary/aromatic N) is 2. The minimum atomic E-state index is -3.85. The van der Waals surface area contributed by atoms with Gasteiger partial charge in [0.1, 0.15) is 4.21 Å². The van der Waals surface area contributed by atoms with Gasteiger partial charge in [-0.05, 0) is 48.4 Å². The molecule has 9 heteroatoms. The quantitative estimate of drug-likeness (QED) is 0.413. The molecule has 0 fully saturated rings. The Hall–Kier alpha value is -2.68. The van der Waals surface area contributed by atoms with Crippen molar-refractivity contribution in [1.29, 1.82) is 0 Å². The van der Waals surface area contributed by atoms with Gasteiger partial charge in [-0.2, -0.15) is 0 Å². The van der Waals surface area contributed by atoms with E-state index in [1.165, 1.54) is 11.6 Å². The molecular formula is C20H17ClN4O2S2. The molecule has 0 amide bonds. The molecule has 0 unspecified atom stereocenters. The predicted octanol–water partition coefficient (Wildman–Crippen LogP) is 5.45. The monoisotopic (exact) mass is 444 g/mol. The summed E-state index contributed by atoms with van der Waals surface area (Å²) < 4.78 is 28.6. The number of halogens is 1. The topological polar surface area (TPSA) is 84.0 Å². The standard InChI is InChI=1S/C20H17ClN4O2S2/c1-2-13-7-9-14(10-8-13)22-19-20(24-16-6-4-3-5-15(16)23-19)25-29(26,27)18-12-11-17(21)28-18/h3-12H,2H2,1H3,(H,22,23)(H,24,25). The van der Waals surface area contributed by atoms with Crippen molar-refractivity contribution < 1.29 is 8.42 Å². The molecule has 0 aliphatic heterocycles. The van der Waals surface area contributed by atoms with Crippen LogP contribution in [0.25, 0.3) is 11.0 Å². The third-order valence-corrected chi connectivity index (χ3v) is 7.30. The lowest BCUT2D eigenvalue weighted by Gasteiger charge is -2.13. The van der Waals surface area contributed by atoms with Crippen LogP contribution in [0.15, 0.2) is 64.9 Å². The summed E-state index contributed by atoms with van der Waals surface area (Å²) >= 11 is 6.87. The molecule has 148 valence electrons. The number of hydrogen-bond donors (Lipinski definition) is 2. The molecule has 0 aliphatic carbocycles. The lowest BCUT2D eigenvalue weighted by atomic mass is 10.1. The van der Waals surface area contributed by atoms with Gasteiger partial charge in [0.15, 0.2) is 11.6 Å². The summed E-state index contributed by atoms with van der Waals surface area (Å²) in [6.45, 7) is 2.08. The Labute approximate surface area is 177 Å². The third kappa shape index (κ3) is 4.34. The lowest BCUT2D eigenvalue weighted by molar-refractivity contribution is 0.603. The van der Waals surface area contributed by atoms with Gasteiger partial charge in [-0.1, -0.05) is 42.8 Å². The highest BCUT2D eigenvalue weighted by molar-refractivity contribution is 7.94. The largest absolute Gasteiger partial charge is 0.337 e. The van der Waals surface area contributed by atoms with E-state index < -0.39 is 10.0 Å². The van der Waals surface area contributed by atoms with Crippen LogP contribution in [-0.4, -0.2) is 18.4 Å². The fourth-order valence-electron chi connectivity index (χ4n) is 2.74. The number of sulfonamides is 1. The summed E-state index contributed by atoms with van der Waals surface area (Å²) in [5, 5.41) is 3.17. The normalized spacial score (nSPS) is 11.5. The van der Waals surface area contributed by atoms with Crippen LogP contribution >= 0.6 is 22.9 Å². The van der Waals surface area contributed by atoms with E-state index in [-0.39, 0.29) is 10.0 Å². The van der Waals surface area contributed by atoms with E-state index in [0.717, 1.165) is 23.4 Å². The fraction of sp³-hybridized carbons (Fsp3) is 0.100. The molecule has 2 N–H and O–H groups in total. The van der Waals surface area contributed by atoms with Crippen molar-refractivity contribution in [1.82, 2.24) is 9.97 Å². The zero-order chi connectivity index (χ0) is 20.4. The summed E-state index contributed by atoms with van der Waals surface area (Å²) in [7, 11) is -3.85. The molecule has 4 rings (SSSR count). The van der Waals surface area contributed by atoms with Crippen molar-refractivity contribution >= 4 is 61.3 Å². The van der Waals surface area contributed by atoms with Crippen molar-refractivity contribution in [2.24, 2.45) is 0 Å². The summed E-state index contributed by atoms with van der Waals surface area (Å²) in [5.74, 6) is 0.437. The van der Waals surface area contributed by atoms with Crippen LogP contribution in [-0.2, 0) is 16.4 Å². The third-order valence-electron chi connectivity index (χ3n) is 4.24. The smallest absolute Gasteiger partial charge is 0.272 e. The highest BCUT2D eigenvalue weighted by atomic mass is 35.5. The minimum absolute atomic E-state index is 0.107. The van der Waals surface area contributed by atoms with Crippen molar-refractivity contribution in [3.63, 3.8) is 0 Å². The van der Waals surface area contributed by atoms with Gasteiger partial charge in [-0.3, -0.25) is 4.72 Å². The van der Waals surface area contributed by atoms with Crippen molar-refractivity contribution in [2.45, 2.75) is 17.6 Å². The Bertz CT molecular complexity index is 1270. The molecule has 29 heavy (non-hydrogen) atoms. The average Bonchev–Trinajstić information content (AvgIpc) is 3.16. The molecule has 0 spiro atoms. The molecule has 2 heterocycles. The van der Waals surface area contributed by atoms with Gasteiger partial charge in [0.25, 0.3) is 10.0 Å². The van der Waals surface area contributed by atoms with Gasteiger partial charge >= 0.3 is 0 Å². The summed E-state index contributed by atoms with van der Waals surface area (Å²) in [4.78, 5) is 9.05. The maximum Gasteiger partial charge on any atom is 0.272 e. The average molecular weight is 445 g/mol. The second kappa shape index (κ2) is 7.98. The van der Waals surface area contributed by atoms with E-state index in [4.69, 9.17) is 11.6 Å². The van der Waals surface area contributed by atoms with Gasteiger partial charge < -0.3 is 5.32 Å². The van der Waals surface area contributed by atoms with Crippen molar-refractivity contribution in [2.75, 3.05) is 10.0 Å². The minimum Gasteiger partial charge on any atom is -0.337 e. The first kappa shape index (κ1) is 19.6. The van der Waals surface area contributed by atoms with Crippen LogP contribution in [0.2, 0.25) is 4.34 Å². The number of rotatable bonds is 6. The number of fused-ring (bicyclic) bond motifs is 1. The first-order valence-electron chi connectivity index (χ1n) is 8.85. The Morgan fingerprint density at radius 2 is 1.59 bits per heavy atom. The van der Waals surface area contributed by atoms with Gasteiger partial charge in [-0.15, -0.1) is 11.3 Å². The van der Waals surface area contributed by atoms with E-state index in [9.17, 15) is 8.42 Å². The zero-order valence-electron chi connectivity index (χ0n) is 15.4. The highest BCUT2D eigenvalue weighted by Gasteiger charge is 2.20. The Kier molecular flexibility index (Phi) is 5.40. The SMILES string of the molecule is CCc1ccc(Nc2nc3ccccc3nc2NS(=O)(=O)c2ccc(Cl)s2)cc1.